The third kappa shape index (κ3) is 5.92. The van der Waals surface area contributed by atoms with E-state index in [0.29, 0.717) is 12.4 Å². The molecule has 0 atom stereocenters. The Hall–Kier alpha value is -2.15. The van der Waals surface area contributed by atoms with Crippen LogP contribution in [0.1, 0.15) is 11.1 Å². The van der Waals surface area contributed by atoms with E-state index >= 15 is 0 Å². The first-order chi connectivity index (χ1) is 13.7. The van der Waals surface area contributed by atoms with Crippen molar-refractivity contribution in [2.24, 2.45) is 0 Å². The molecule has 152 valence electrons. The van der Waals surface area contributed by atoms with Crippen LogP contribution in [-0.2, 0) is 17.9 Å². The molecule has 28 heavy (non-hydrogen) atoms. The second-order valence-electron chi connectivity index (χ2n) is 7.01. The molecule has 2 aromatic rings. The van der Waals surface area contributed by atoms with Crippen molar-refractivity contribution in [3.63, 3.8) is 0 Å². The number of hydrogen-bond acceptors (Lipinski definition) is 5. The van der Waals surface area contributed by atoms with Gasteiger partial charge in [-0.25, -0.2) is 4.39 Å². The van der Waals surface area contributed by atoms with Gasteiger partial charge in [0.25, 0.3) is 0 Å². The molecule has 0 aliphatic carbocycles. The van der Waals surface area contributed by atoms with Gasteiger partial charge in [-0.2, -0.15) is 0 Å². The fourth-order valence-electron chi connectivity index (χ4n) is 3.32. The molecule has 2 aromatic carbocycles. The highest BCUT2D eigenvalue weighted by molar-refractivity contribution is 5.43. The van der Waals surface area contributed by atoms with Gasteiger partial charge in [0.15, 0.2) is 11.5 Å². The fraction of sp³-hybridized carbons (Fsp3) is 0.455. The van der Waals surface area contributed by atoms with Gasteiger partial charge in [0.1, 0.15) is 12.4 Å². The standard InChI is InChI=1S/C22H29FN2O3/c1-26-14-13-24-9-11-25(12-10-24)16-19-5-8-21(22(15-19)27-2)28-17-18-3-6-20(23)7-4-18/h3-8,15H,9-14,16-17H2,1-2H3. The lowest BCUT2D eigenvalue weighted by molar-refractivity contribution is 0.0937. The first-order valence-electron chi connectivity index (χ1n) is 9.65. The van der Waals surface area contributed by atoms with Gasteiger partial charge in [0.2, 0.25) is 0 Å². The average Bonchev–Trinajstić information content (AvgIpc) is 2.73. The maximum Gasteiger partial charge on any atom is 0.161 e. The van der Waals surface area contributed by atoms with Crippen LogP contribution in [0.5, 0.6) is 11.5 Å². The molecule has 3 rings (SSSR count). The molecule has 1 aliphatic heterocycles. The molecule has 0 spiro atoms. The van der Waals surface area contributed by atoms with Crippen molar-refractivity contribution in [3.8, 4) is 11.5 Å². The van der Waals surface area contributed by atoms with Crippen LogP contribution in [0.2, 0.25) is 0 Å². The third-order valence-electron chi connectivity index (χ3n) is 5.02. The van der Waals surface area contributed by atoms with E-state index in [1.54, 1.807) is 26.4 Å². The predicted molar refractivity (Wildman–Crippen MR) is 107 cm³/mol. The molecule has 0 bridgehead atoms. The normalized spacial score (nSPS) is 15.5. The summed E-state index contributed by atoms with van der Waals surface area (Å²) in [6, 6.07) is 12.4. The van der Waals surface area contributed by atoms with Gasteiger partial charge in [-0.1, -0.05) is 18.2 Å². The summed E-state index contributed by atoms with van der Waals surface area (Å²) >= 11 is 0. The minimum atomic E-state index is -0.245. The van der Waals surface area contributed by atoms with Crippen molar-refractivity contribution in [1.29, 1.82) is 0 Å². The zero-order chi connectivity index (χ0) is 19.8. The van der Waals surface area contributed by atoms with Gasteiger partial charge in [-0.3, -0.25) is 9.80 Å². The Morgan fingerprint density at radius 1 is 0.857 bits per heavy atom. The molecule has 0 saturated carbocycles. The maximum atomic E-state index is 13.0. The quantitative estimate of drug-likeness (QED) is 0.659. The van der Waals surface area contributed by atoms with Crippen molar-refractivity contribution in [1.82, 2.24) is 9.80 Å². The van der Waals surface area contributed by atoms with Crippen LogP contribution in [0.4, 0.5) is 4.39 Å². The van der Waals surface area contributed by atoms with Crippen molar-refractivity contribution in [2.45, 2.75) is 13.2 Å². The monoisotopic (exact) mass is 388 g/mol. The van der Waals surface area contributed by atoms with Crippen LogP contribution in [0.25, 0.3) is 0 Å². The number of methoxy groups -OCH3 is 2. The number of hydrogen-bond donors (Lipinski definition) is 0. The largest absolute Gasteiger partial charge is 0.493 e. The van der Waals surface area contributed by atoms with Gasteiger partial charge in [-0.05, 0) is 35.4 Å². The minimum Gasteiger partial charge on any atom is -0.493 e. The molecular formula is C22H29FN2O3. The molecule has 1 heterocycles. The SMILES string of the molecule is COCCN1CCN(Cc2ccc(OCc3ccc(F)cc3)c(OC)c2)CC1. The predicted octanol–water partition coefficient (Wildman–Crippen LogP) is 3.18. The van der Waals surface area contributed by atoms with Crippen LogP contribution in [0, 0.1) is 5.82 Å². The van der Waals surface area contributed by atoms with E-state index in [0.717, 1.165) is 57.2 Å². The zero-order valence-electron chi connectivity index (χ0n) is 16.7. The number of rotatable bonds is 9. The Balaban J connectivity index is 1.53. The topological polar surface area (TPSA) is 34.2 Å². The van der Waals surface area contributed by atoms with E-state index < -0.39 is 0 Å². The maximum absolute atomic E-state index is 13.0. The fourth-order valence-corrected chi connectivity index (χ4v) is 3.32. The summed E-state index contributed by atoms with van der Waals surface area (Å²) in [6.07, 6.45) is 0. The zero-order valence-corrected chi connectivity index (χ0v) is 16.7. The highest BCUT2D eigenvalue weighted by atomic mass is 19.1. The molecule has 0 amide bonds. The Labute approximate surface area is 166 Å². The number of halogens is 1. The van der Waals surface area contributed by atoms with Crippen LogP contribution in [-0.4, -0.2) is 63.4 Å². The second-order valence-corrected chi connectivity index (χ2v) is 7.01. The number of ether oxygens (including phenoxy) is 3. The molecular weight excluding hydrogens is 359 g/mol. The molecule has 1 fully saturated rings. The Morgan fingerprint density at radius 2 is 1.54 bits per heavy atom. The van der Waals surface area contributed by atoms with Gasteiger partial charge in [-0.15, -0.1) is 0 Å². The van der Waals surface area contributed by atoms with Gasteiger partial charge >= 0.3 is 0 Å². The Kier molecular flexibility index (Phi) is 7.65. The van der Waals surface area contributed by atoms with E-state index in [-0.39, 0.29) is 5.82 Å². The summed E-state index contributed by atoms with van der Waals surface area (Å²) in [6.45, 7) is 7.30. The number of nitrogens with zero attached hydrogens (tertiary/aromatic N) is 2. The summed E-state index contributed by atoms with van der Waals surface area (Å²) < 4.78 is 29.6. The molecule has 0 unspecified atom stereocenters. The van der Waals surface area contributed by atoms with E-state index in [4.69, 9.17) is 14.2 Å². The summed E-state index contributed by atoms with van der Waals surface area (Å²) in [7, 11) is 3.40. The number of benzene rings is 2. The first-order valence-corrected chi connectivity index (χ1v) is 9.65. The molecule has 0 radical (unpaired) electrons. The van der Waals surface area contributed by atoms with E-state index in [1.807, 2.05) is 12.1 Å². The first kappa shape index (κ1) is 20.6. The van der Waals surface area contributed by atoms with Crippen LogP contribution < -0.4 is 9.47 Å². The van der Waals surface area contributed by atoms with Crippen LogP contribution in [0.3, 0.4) is 0 Å². The second kappa shape index (κ2) is 10.4. The summed E-state index contributed by atoms with van der Waals surface area (Å²) in [5.41, 5.74) is 2.12. The highest BCUT2D eigenvalue weighted by Crippen LogP contribution is 2.29. The minimum absolute atomic E-state index is 0.245. The Morgan fingerprint density at radius 3 is 2.21 bits per heavy atom. The van der Waals surface area contributed by atoms with Gasteiger partial charge in [0, 0.05) is 46.4 Å². The summed E-state index contributed by atoms with van der Waals surface area (Å²) in [5.74, 6) is 1.17. The van der Waals surface area contributed by atoms with Gasteiger partial charge < -0.3 is 14.2 Å². The van der Waals surface area contributed by atoms with Crippen LogP contribution >= 0.6 is 0 Å². The molecule has 1 aliphatic rings. The molecule has 0 N–H and O–H groups in total. The highest BCUT2D eigenvalue weighted by Gasteiger charge is 2.17. The van der Waals surface area contributed by atoms with Crippen molar-refractivity contribution >= 4 is 0 Å². The summed E-state index contributed by atoms with van der Waals surface area (Å²) in [4.78, 5) is 4.89. The van der Waals surface area contributed by atoms with Gasteiger partial charge in [0.05, 0.1) is 13.7 Å². The summed E-state index contributed by atoms with van der Waals surface area (Å²) in [5, 5.41) is 0. The lowest BCUT2D eigenvalue weighted by Gasteiger charge is -2.34. The van der Waals surface area contributed by atoms with E-state index in [9.17, 15) is 4.39 Å². The third-order valence-corrected chi connectivity index (χ3v) is 5.02. The smallest absolute Gasteiger partial charge is 0.161 e. The number of piperazine rings is 1. The lowest BCUT2D eigenvalue weighted by Crippen LogP contribution is -2.46. The van der Waals surface area contributed by atoms with E-state index in [2.05, 4.69) is 15.9 Å². The average molecular weight is 388 g/mol. The Bertz CT molecular complexity index is 731. The van der Waals surface area contributed by atoms with Crippen molar-refractivity contribution < 1.29 is 18.6 Å². The van der Waals surface area contributed by atoms with Crippen molar-refractivity contribution in [3.05, 3.63) is 59.4 Å². The van der Waals surface area contributed by atoms with Crippen LogP contribution in [0.15, 0.2) is 42.5 Å². The van der Waals surface area contributed by atoms with Crippen molar-refractivity contribution in [2.75, 3.05) is 53.6 Å². The lowest BCUT2D eigenvalue weighted by atomic mass is 10.1. The molecule has 0 aromatic heterocycles. The molecule has 6 heteroatoms. The molecule has 1 saturated heterocycles. The van der Waals surface area contributed by atoms with E-state index in [1.165, 1.54) is 17.7 Å². The molecule has 5 nitrogen and oxygen atoms in total.